The predicted molar refractivity (Wildman–Crippen MR) is 89.7 cm³/mol. The zero-order valence-electron chi connectivity index (χ0n) is 13.2. The van der Waals surface area contributed by atoms with E-state index in [1.165, 1.54) is 6.42 Å². The van der Waals surface area contributed by atoms with Gasteiger partial charge in [-0.1, -0.05) is 6.42 Å². The summed E-state index contributed by atoms with van der Waals surface area (Å²) in [7, 11) is 2.01. The van der Waals surface area contributed by atoms with E-state index in [9.17, 15) is 4.79 Å². The van der Waals surface area contributed by atoms with E-state index in [0.29, 0.717) is 0 Å². The SMILES string of the molecule is CN1CCCCC1C(=O)Nc1ccc(Oc2ccncc2)cc1. The summed E-state index contributed by atoms with van der Waals surface area (Å²) in [5, 5.41) is 2.99. The van der Waals surface area contributed by atoms with Crippen molar-refractivity contribution in [2.24, 2.45) is 0 Å². The Balaban J connectivity index is 1.60. The molecule has 0 radical (unpaired) electrons. The Labute approximate surface area is 136 Å². The molecule has 5 nitrogen and oxygen atoms in total. The van der Waals surface area contributed by atoms with Crippen molar-refractivity contribution in [3.05, 3.63) is 48.8 Å². The Morgan fingerprint density at radius 1 is 1.13 bits per heavy atom. The van der Waals surface area contributed by atoms with Gasteiger partial charge in [-0.25, -0.2) is 0 Å². The first-order chi connectivity index (χ1) is 11.2. The van der Waals surface area contributed by atoms with Crippen LogP contribution in [0.3, 0.4) is 0 Å². The maximum absolute atomic E-state index is 12.4. The molecule has 1 aliphatic heterocycles. The van der Waals surface area contributed by atoms with Crippen LogP contribution in [0.25, 0.3) is 0 Å². The Hall–Kier alpha value is -2.40. The van der Waals surface area contributed by atoms with Crippen molar-refractivity contribution in [1.29, 1.82) is 0 Å². The van der Waals surface area contributed by atoms with Crippen molar-refractivity contribution < 1.29 is 9.53 Å². The fraction of sp³-hybridized carbons (Fsp3) is 0.333. The first kappa shape index (κ1) is 15.5. The Morgan fingerprint density at radius 3 is 2.52 bits per heavy atom. The molecule has 0 aliphatic carbocycles. The quantitative estimate of drug-likeness (QED) is 0.941. The van der Waals surface area contributed by atoms with Crippen LogP contribution in [0.4, 0.5) is 5.69 Å². The monoisotopic (exact) mass is 311 g/mol. The molecule has 1 saturated heterocycles. The number of carbonyl (C=O) groups is 1. The van der Waals surface area contributed by atoms with E-state index in [1.54, 1.807) is 24.5 Å². The summed E-state index contributed by atoms with van der Waals surface area (Å²) in [5.74, 6) is 1.53. The summed E-state index contributed by atoms with van der Waals surface area (Å²) in [6.07, 6.45) is 6.57. The van der Waals surface area contributed by atoms with Crippen molar-refractivity contribution >= 4 is 11.6 Å². The van der Waals surface area contributed by atoms with E-state index in [4.69, 9.17) is 4.74 Å². The van der Waals surface area contributed by atoms with Crippen LogP contribution in [-0.4, -0.2) is 35.4 Å². The van der Waals surface area contributed by atoms with Gasteiger partial charge in [0.15, 0.2) is 0 Å². The number of anilines is 1. The van der Waals surface area contributed by atoms with Gasteiger partial charge in [-0.15, -0.1) is 0 Å². The molecule has 1 atom stereocenters. The Morgan fingerprint density at radius 2 is 1.83 bits per heavy atom. The highest BCUT2D eigenvalue weighted by Gasteiger charge is 2.25. The molecule has 1 aromatic carbocycles. The molecular weight excluding hydrogens is 290 g/mol. The summed E-state index contributed by atoms with van der Waals surface area (Å²) in [4.78, 5) is 18.4. The number of hydrogen-bond donors (Lipinski definition) is 1. The van der Waals surface area contributed by atoms with Crippen LogP contribution in [-0.2, 0) is 4.79 Å². The lowest BCUT2D eigenvalue weighted by Crippen LogP contribution is -2.44. The number of hydrogen-bond acceptors (Lipinski definition) is 4. The van der Waals surface area contributed by atoms with E-state index in [2.05, 4.69) is 15.2 Å². The predicted octanol–water partition coefficient (Wildman–Crippen LogP) is 3.30. The van der Waals surface area contributed by atoms with Gasteiger partial charge in [-0.2, -0.15) is 0 Å². The smallest absolute Gasteiger partial charge is 0.241 e. The van der Waals surface area contributed by atoms with Gasteiger partial charge in [0.1, 0.15) is 11.5 Å². The van der Waals surface area contributed by atoms with Crippen LogP contribution in [0.1, 0.15) is 19.3 Å². The minimum atomic E-state index is -0.0310. The van der Waals surface area contributed by atoms with Gasteiger partial charge in [-0.05, 0) is 62.8 Å². The molecule has 3 rings (SSSR count). The number of likely N-dealkylation sites (N-methyl/N-ethyl adjacent to an activating group) is 1. The van der Waals surface area contributed by atoms with Crippen LogP contribution in [0.15, 0.2) is 48.8 Å². The van der Waals surface area contributed by atoms with Crippen LogP contribution in [0.5, 0.6) is 11.5 Å². The Bertz CT molecular complexity index is 643. The van der Waals surface area contributed by atoms with Crippen LogP contribution >= 0.6 is 0 Å². The van der Waals surface area contributed by atoms with E-state index in [1.807, 2.05) is 31.3 Å². The molecule has 1 N–H and O–H groups in total. The van der Waals surface area contributed by atoms with E-state index in [-0.39, 0.29) is 11.9 Å². The molecule has 1 fully saturated rings. The Kier molecular flexibility index (Phi) is 4.88. The molecule has 1 amide bonds. The number of carbonyl (C=O) groups excluding carboxylic acids is 1. The average molecular weight is 311 g/mol. The molecule has 0 bridgehead atoms. The highest BCUT2D eigenvalue weighted by atomic mass is 16.5. The topological polar surface area (TPSA) is 54.5 Å². The molecular formula is C18H21N3O2. The largest absolute Gasteiger partial charge is 0.457 e. The summed E-state index contributed by atoms with van der Waals surface area (Å²) in [6.45, 7) is 0.983. The second-order valence-electron chi connectivity index (χ2n) is 5.79. The van der Waals surface area contributed by atoms with Crippen LogP contribution in [0, 0.1) is 0 Å². The number of ether oxygens (including phenoxy) is 1. The van der Waals surface area contributed by atoms with Gasteiger partial charge < -0.3 is 10.1 Å². The van der Waals surface area contributed by atoms with Crippen molar-refractivity contribution in [1.82, 2.24) is 9.88 Å². The van der Waals surface area contributed by atoms with Crippen molar-refractivity contribution in [3.63, 3.8) is 0 Å². The number of likely N-dealkylation sites (tertiary alicyclic amines) is 1. The highest BCUT2D eigenvalue weighted by Crippen LogP contribution is 2.23. The lowest BCUT2D eigenvalue weighted by Gasteiger charge is -2.31. The van der Waals surface area contributed by atoms with E-state index >= 15 is 0 Å². The molecule has 2 heterocycles. The third kappa shape index (κ3) is 4.07. The lowest BCUT2D eigenvalue weighted by atomic mass is 10.0. The van der Waals surface area contributed by atoms with Crippen LogP contribution < -0.4 is 10.1 Å². The minimum absolute atomic E-state index is 0.0310. The van der Waals surface area contributed by atoms with Gasteiger partial charge in [0, 0.05) is 18.1 Å². The second-order valence-corrected chi connectivity index (χ2v) is 5.79. The van der Waals surface area contributed by atoms with Crippen molar-refractivity contribution in [2.75, 3.05) is 18.9 Å². The molecule has 2 aromatic rings. The van der Waals surface area contributed by atoms with Crippen LogP contribution in [0.2, 0.25) is 0 Å². The molecule has 0 spiro atoms. The zero-order chi connectivity index (χ0) is 16.1. The fourth-order valence-corrected chi connectivity index (χ4v) is 2.78. The maximum Gasteiger partial charge on any atom is 0.241 e. The maximum atomic E-state index is 12.4. The number of aromatic nitrogens is 1. The van der Waals surface area contributed by atoms with Gasteiger partial charge in [0.25, 0.3) is 0 Å². The van der Waals surface area contributed by atoms with E-state index < -0.39 is 0 Å². The molecule has 23 heavy (non-hydrogen) atoms. The van der Waals surface area contributed by atoms with Gasteiger partial charge in [-0.3, -0.25) is 14.7 Å². The number of benzene rings is 1. The summed E-state index contributed by atoms with van der Waals surface area (Å²) >= 11 is 0. The van der Waals surface area contributed by atoms with Crippen molar-refractivity contribution in [3.8, 4) is 11.5 Å². The highest BCUT2D eigenvalue weighted by molar-refractivity contribution is 5.94. The normalized spacial score (nSPS) is 18.4. The number of rotatable bonds is 4. The summed E-state index contributed by atoms with van der Waals surface area (Å²) < 4.78 is 5.71. The first-order valence-electron chi connectivity index (χ1n) is 7.91. The minimum Gasteiger partial charge on any atom is -0.457 e. The van der Waals surface area contributed by atoms with Gasteiger partial charge >= 0.3 is 0 Å². The second kappa shape index (κ2) is 7.24. The average Bonchev–Trinajstić information content (AvgIpc) is 2.58. The number of piperidine rings is 1. The zero-order valence-corrected chi connectivity index (χ0v) is 13.2. The molecule has 1 aliphatic rings. The molecule has 1 unspecified atom stereocenters. The number of nitrogens with one attached hydrogen (secondary N) is 1. The molecule has 1 aromatic heterocycles. The fourth-order valence-electron chi connectivity index (χ4n) is 2.78. The van der Waals surface area contributed by atoms with Crippen molar-refractivity contribution in [2.45, 2.75) is 25.3 Å². The number of amides is 1. The lowest BCUT2D eigenvalue weighted by molar-refractivity contribution is -0.121. The standard InChI is InChI=1S/C18H21N3O2/c1-21-13-3-2-4-17(21)18(22)20-14-5-7-15(8-6-14)23-16-9-11-19-12-10-16/h5-12,17H,2-4,13H2,1H3,(H,20,22). The summed E-state index contributed by atoms with van der Waals surface area (Å²) in [6, 6.07) is 11.0. The third-order valence-electron chi connectivity index (χ3n) is 4.08. The molecule has 0 saturated carbocycles. The van der Waals surface area contributed by atoms with E-state index in [0.717, 1.165) is 36.6 Å². The summed E-state index contributed by atoms with van der Waals surface area (Å²) in [5.41, 5.74) is 0.788. The molecule has 120 valence electrons. The van der Waals surface area contributed by atoms with Gasteiger partial charge in [0.2, 0.25) is 5.91 Å². The number of nitrogens with zero attached hydrogens (tertiary/aromatic N) is 2. The number of pyridine rings is 1. The van der Waals surface area contributed by atoms with Gasteiger partial charge in [0.05, 0.1) is 6.04 Å². The third-order valence-corrected chi connectivity index (χ3v) is 4.08. The molecule has 5 heteroatoms. The first-order valence-corrected chi connectivity index (χ1v) is 7.91.